The summed E-state index contributed by atoms with van der Waals surface area (Å²) in [5.41, 5.74) is 7.89. The minimum atomic E-state index is -0.316. The van der Waals surface area contributed by atoms with Gasteiger partial charge in [0, 0.05) is 6.04 Å². The van der Waals surface area contributed by atoms with Crippen LogP contribution in [0.3, 0.4) is 0 Å². The minimum absolute atomic E-state index is 0.316. The SMILES string of the molecule is CCOC(=O)c1cccc(N)c1NC(CC)CC1CC1. The van der Waals surface area contributed by atoms with Crippen LogP contribution < -0.4 is 11.1 Å². The molecule has 1 aromatic rings. The van der Waals surface area contributed by atoms with Crippen molar-refractivity contribution in [2.24, 2.45) is 5.92 Å². The molecule has 0 heterocycles. The molecule has 1 atom stereocenters. The summed E-state index contributed by atoms with van der Waals surface area (Å²) < 4.78 is 5.10. The van der Waals surface area contributed by atoms with Gasteiger partial charge in [-0.3, -0.25) is 0 Å². The molecule has 0 spiro atoms. The fourth-order valence-corrected chi connectivity index (χ4v) is 2.40. The maximum atomic E-state index is 12.0. The third-order valence-corrected chi connectivity index (χ3v) is 3.75. The Hall–Kier alpha value is -1.71. The van der Waals surface area contributed by atoms with Crippen molar-refractivity contribution in [1.29, 1.82) is 0 Å². The zero-order valence-electron chi connectivity index (χ0n) is 12.3. The lowest BCUT2D eigenvalue weighted by atomic mass is 10.1. The molecule has 1 saturated carbocycles. The van der Waals surface area contributed by atoms with E-state index in [1.807, 2.05) is 6.07 Å². The Bertz CT molecular complexity index is 470. The molecule has 0 radical (unpaired) electrons. The second kappa shape index (κ2) is 6.64. The predicted molar refractivity (Wildman–Crippen MR) is 81.9 cm³/mol. The van der Waals surface area contributed by atoms with E-state index in [0.29, 0.717) is 23.9 Å². The van der Waals surface area contributed by atoms with Gasteiger partial charge in [-0.05, 0) is 37.8 Å². The van der Waals surface area contributed by atoms with Crippen LogP contribution in [0, 0.1) is 5.92 Å². The van der Waals surface area contributed by atoms with Gasteiger partial charge in [0.25, 0.3) is 0 Å². The molecule has 20 heavy (non-hydrogen) atoms. The number of nitrogens with one attached hydrogen (secondary N) is 1. The summed E-state index contributed by atoms with van der Waals surface area (Å²) in [5, 5.41) is 3.45. The zero-order valence-corrected chi connectivity index (χ0v) is 12.3. The topological polar surface area (TPSA) is 64.3 Å². The summed E-state index contributed by atoms with van der Waals surface area (Å²) in [7, 11) is 0. The summed E-state index contributed by atoms with van der Waals surface area (Å²) in [6.07, 6.45) is 4.82. The number of carbonyl (C=O) groups is 1. The van der Waals surface area contributed by atoms with E-state index >= 15 is 0 Å². The first kappa shape index (κ1) is 14.7. The first-order valence-electron chi connectivity index (χ1n) is 7.47. The molecule has 1 aliphatic rings. The molecule has 2 rings (SSSR count). The van der Waals surface area contributed by atoms with Gasteiger partial charge in [-0.15, -0.1) is 0 Å². The number of rotatable bonds is 7. The van der Waals surface area contributed by atoms with Crippen molar-refractivity contribution >= 4 is 17.3 Å². The van der Waals surface area contributed by atoms with E-state index in [2.05, 4.69) is 12.2 Å². The average molecular weight is 276 g/mol. The molecule has 0 saturated heterocycles. The van der Waals surface area contributed by atoms with Crippen LogP contribution >= 0.6 is 0 Å². The van der Waals surface area contributed by atoms with Crippen LogP contribution in [0.15, 0.2) is 18.2 Å². The molecule has 1 aliphatic carbocycles. The number of carbonyl (C=O) groups excluding carboxylic acids is 1. The molecule has 4 nitrogen and oxygen atoms in total. The highest BCUT2D eigenvalue weighted by Crippen LogP contribution is 2.35. The molecule has 1 unspecified atom stereocenters. The van der Waals surface area contributed by atoms with Crippen LogP contribution in [-0.2, 0) is 4.74 Å². The summed E-state index contributed by atoms with van der Waals surface area (Å²) in [6.45, 7) is 4.33. The molecule has 4 heteroatoms. The van der Waals surface area contributed by atoms with Crippen LogP contribution in [0.2, 0.25) is 0 Å². The Kier molecular flexibility index (Phi) is 4.88. The molecule has 0 aliphatic heterocycles. The van der Waals surface area contributed by atoms with Crippen LogP contribution in [0.5, 0.6) is 0 Å². The molecular weight excluding hydrogens is 252 g/mol. The zero-order chi connectivity index (χ0) is 14.5. The van der Waals surface area contributed by atoms with Gasteiger partial charge < -0.3 is 15.8 Å². The molecule has 1 aromatic carbocycles. The Labute approximate surface area is 120 Å². The second-order valence-electron chi connectivity index (χ2n) is 5.42. The van der Waals surface area contributed by atoms with E-state index in [1.165, 1.54) is 12.8 Å². The van der Waals surface area contributed by atoms with E-state index in [4.69, 9.17) is 10.5 Å². The second-order valence-corrected chi connectivity index (χ2v) is 5.42. The predicted octanol–water partition coefficient (Wildman–Crippen LogP) is 3.44. The lowest BCUT2D eigenvalue weighted by molar-refractivity contribution is 0.0527. The lowest BCUT2D eigenvalue weighted by Gasteiger charge is -2.21. The Balaban J connectivity index is 2.17. The van der Waals surface area contributed by atoms with Gasteiger partial charge in [0.2, 0.25) is 0 Å². The quantitative estimate of drug-likeness (QED) is 0.591. The van der Waals surface area contributed by atoms with Gasteiger partial charge in [-0.25, -0.2) is 4.79 Å². The third kappa shape index (κ3) is 3.65. The van der Waals surface area contributed by atoms with E-state index in [0.717, 1.165) is 24.4 Å². The monoisotopic (exact) mass is 276 g/mol. The first-order valence-corrected chi connectivity index (χ1v) is 7.47. The Morgan fingerprint density at radius 1 is 1.45 bits per heavy atom. The van der Waals surface area contributed by atoms with Gasteiger partial charge in [0.1, 0.15) is 0 Å². The standard InChI is InChI=1S/C16H24N2O2/c1-3-12(10-11-8-9-11)18-15-13(16(19)20-4-2)6-5-7-14(15)17/h5-7,11-12,18H,3-4,8-10,17H2,1-2H3. The van der Waals surface area contributed by atoms with Crippen molar-refractivity contribution in [1.82, 2.24) is 0 Å². The fraction of sp³-hybridized carbons (Fsp3) is 0.562. The number of anilines is 2. The van der Waals surface area contributed by atoms with E-state index in [-0.39, 0.29) is 5.97 Å². The average Bonchev–Trinajstić information content (AvgIpc) is 3.24. The van der Waals surface area contributed by atoms with Gasteiger partial charge >= 0.3 is 5.97 Å². The number of hydrogen-bond acceptors (Lipinski definition) is 4. The van der Waals surface area contributed by atoms with Crippen molar-refractivity contribution in [3.8, 4) is 0 Å². The smallest absolute Gasteiger partial charge is 0.340 e. The van der Waals surface area contributed by atoms with E-state index in [1.54, 1.807) is 19.1 Å². The summed E-state index contributed by atoms with van der Waals surface area (Å²) in [5.74, 6) is 0.520. The van der Waals surface area contributed by atoms with Crippen LogP contribution in [0.25, 0.3) is 0 Å². The third-order valence-electron chi connectivity index (χ3n) is 3.75. The van der Waals surface area contributed by atoms with Crippen molar-refractivity contribution in [2.75, 3.05) is 17.7 Å². The molecule has 110 valence electrons. The number of para-hydroxylation sites is 1. The van der Waals surface area contributed by atoms with E-state index < -0.39 is 0 Å². The number of nitrogens with two attached hydrogens (primary N) is 1. The molecule has 0 aromatic heterocycles. The number of nitrogen functional groups attached to an aromatic ring is 1. The summed E-state index contributed by atoms with van der Waals surface area (Å²) in [4.78, 5) is 12.0. The van der Waals surface area contributed by atoms with Crippen LogP contribution in [-0.4, -0.2) is 18.6 Å². The van der Waals surface area contributed by atoms with Gasteiger partial charge in [0.05, 0.1) is 23.5 Å². The maximum absolute atomic E-state index is 12.0. The highest BCUT2D eigenvalue weighted by atomic mass is 16.5. The molecule has 0 amide bonds. The van der Waals surface area contributed by atoms with Crippen molar-refractivity contribution in [3.63, 3.8) is 0 Å². The largest absolute Gasteiger partial charge is 0.462 e. The van der Waals surface area contributed by atoms with Crippen molar-refractivity contribution in [2.45, 2.75) is 45.6 Å². The number of ether oxygens (including phenoxy) is 1. The van der Waals surface area contributed by atoms with Gasteiger partial charge in [-0.2, -0.15) is 0 Å². The molecule has 1 fully saturated rings. The highest BCUT2D eigenvalue weighted by Gasteiger charge is 2.26. The van der Waals surface area contributed by atoms with Crippen molar-refractivity contribution < 1.29 is 9.53 Å². The number of benzene rings is 1. The Morgan fingerprint density at radius 2 is 2.20 bits per heavy atom. The number of esters is 1. The Morgan fingerprint density at radius 3 is 2.80 bits per heavy atom. The van der Waals surface area contributed by atoms with Crippen LogP contribution in [0.4, 0.5) is 11.4 Å². The molecule has 0 bridgehead atoms. The van der Waals surface area contributed by atoms with E-state index in [9.17, 15) is 4.79 Å². The molecular formula is C16H24N2O2. The van der Waals surface area contributed by atoms with Crippen LogP contribution in [0.1, 0.15) is 49.9 Å². The fourth-order valence-electron chi connectivity index (χ4n) is 2.40. The molecule has 3 N–H and O–H groups in total. The number of hydrogen-bond donors (Lipinski definition) is 2. The van der Waals surface area contributed by atoms with Crippen molar-refractivity contribution in [3.05, 3.63) is 23.8 Å². The minimum Gasteiger partial charge on any atom is -0.462 e. The lowest BCUT2D eigenvalue weighted by Crippen LogP contribution is -2.22. The summed E-state index contributed by atoms with van der Waals surface area (Å²) in [6, 6.07) is 5.73. The normalized spacial score (nSPS) is 15.7. The summed E-state index contributed by atoms with van der Waals surface area (Å²) >= 11 is 0. The van der Waals surface area contributed by atoms with Gasteiger partial charge in [0.15, 0.2) is 0 Å². The maximum Gasteiger partial charge on any atom is 0.340 e. The first-order chi connectivity index (χ1) is 9.65. The van der Waals surface area contributed by atoms with Gasteiger partial charge in [-0.1, -0.05) is 25.8 Å². The highest BCUT2D eigenvalue weighted by molar-refractivity contribution is 5.98.